The zero-order valence-electron chi connectivity index (χ0n) is 14.9. The number of rotatable bonds is 7. The Labute approximate surface area is 128 Å². The predicted molar refractivity (Wildman–Crippen MR) is 93.6 cm³/mol. The predicted octanol–water partition coefficient (Wildman–Crippen LogP) is 3.40. The van der Waals surface area contributed by atoms with Gasteiger partial charge in [-0.25, -0.2) is 0 Å². The monoisotopic (exact) mass is 335 g/mol. The number of nitrogens with one attached hydrogen (secondary N) is 1. The maximum atomic E-state index is 12.5. The largest absolute Gasteiger partial charge is 0.519 e. The summed E-state index contributed by atoms with van der Waals surface area (Å²) in [5, 5.41) is 0. The average Bonchev–Trinajstić information content (AvgIpc) is 2.06. The van der Waals surface area contributed by atoms with Crippen LogP contribution >= 0.6 is 0 Å². The molecule has 0 radical (unpaired) electrons. The Kier molecular flexibility index (Phi) is 6.88. The molecule has 0 rings (SSSR count). The van der Waals surface area contributed by atoms with Gasteiger partial charge in [-0.05, 0) is 46.2 Å². The molecule has 0 aliphatic carbocycles. The summed E-state index contributed by atoms with van der Waals surface area (Å²) >= 11 is 0. The second-order valence-electron chi connectivity index (χ2n) is 8.34. The zero-order valence-corrected chi connectivity index (χ0v) is 17.9. The first kappa shape index (κ1) is 20.0. The van der Waals surface area contributed by atoms with E-state index in [4.69, 9.17) is 8.85 Å². The third kappa shape index (κ3) is 9.87. The number of hydrogen-bond donors (Lipinski definition) is 1. The van der Waals surface area contributed by atoms with Crippen molar-refractivity contribution in [2.24, 2.45) is 0 Å². The number of carbonyl (C=O) groups excluding carboxylic acids is 1. The minimum atomic E-state index is -1.88. The van der Waals surface area contributed by atoms with Crippen molar-refractivity contribution < 1.29 is 13.6 Å². The summed E-state index contributed by atoms with van der Waals surface area (Å²) in [6.07, 6.45) is -0.155. The molecular weight excluding hydrogens is 302 g/mol. The summed E-state index contributed by atoms with van der Waals surface area (Å²) in [5.41, 5.74) is 0. The molecule has 0 aromatic carbocycles. The summed E-state index contributed by atoms with van der Waals surface area (Å²) in [4.78, 5) is 16.0. The Bertz CT molecular complexity index is 329. The lowest BCUT2D eigenvalue weighted by molar-refractivity contribution is -0.139. The van der Waals surface area contributed by atoms with Crippen molar-refractivity contribution in [3.05, 3.63) is 0 Å². The highest BCUT2D eigenvalue weighted by Gasteiger charge is 2.35. The normalized spacial score (nSPS) is 16.7. The van der Waals surface area contributed by atoms with Gasteiger partial charge in [0.15, 0.2) is 8.32 Å². The van der Waals surface area contributed by atoms with Crippen LogP contribution in [0.25, 0.3) is 0 Å². The van der Waals surface area contributed by atoms with Gasteiger partial charge >= 0.3 is 5.97 Å². The van der Waals surface area contributed by atoms with Crippen LogP contribution in [0.1, 0.15) is 6.92 Å². The third-order valence-corrected chi connectivity index (χ3v) is 5.33. The van der Waals surface area contributed by atoms with E-state index in [1.54, 1.807) is 0 Å². The molecule has 0 amide bonds. The van der Waals surface area contributed by atoms with Crippen LogP contribution in [0.2, 0.25) is 58.9 Å². The summed E-state index contributed by atoms with van der Waals surface area (Å²) in [6, 6.07) is -0.361. The van der Waals surface area contributed by atoms with E-state index in [2.05, 4.69) is 44.3 Å². The van der Waals surface area contributed by atoms with Gasteiger partial charge in [-0.15, -0.1) is 0 Å². The van der Waals surface area contributed by atoms with Crippen LogP contribution in [0.4, 0.5) is 0 Å². The topological polar surface area (TPSA) is 47.6 Å². The summed E-state index contributed by atoms with van der Waals surface area (Å²) in [5.74, 6) is -0.155. The molecule has 0 aromatic rings. The van der Waals surface area contributed by atoms with Crippen LogP contribution in [0.3, 0.4) is 0 Å². The molecule has 2 unspecified atom stereocenters. The smallest absolute Gasteiger partial charge is 0.311 e. The molecule has 0 aliphatic rings. The summed E-state index contributed by atoms with van der Waals surface area (Å²) in [6.45, 7) is 21.0. The Balaban J connectivity index is 5.03. The molecule has 2 atom stereocenters. The highest BCUT2D eigenvalue weighted by molar-refractivity contribution is 6.74. The molecule has 7 heteroatoms. The maximum absolute atomic E-state index is 12.5. The van der Waals surface area contributed by atoms with Crippen molar-refractivity contribution in [1.82, 2.24) is 4.98 Å². The SMILES string of the molecule is CC(O[Si](C)(C)C)C(N[Si](C)(C)C)C(=O)O[Si](C)(C)C. The van der Waals surface area contributed by atoms with E-state index < -0.39 is 24.9 Å². The van der Waals surface area contributed by atoms with Gasteiger partial charge in [0.25, 0.3) is 0 Å². The van der Waals surface area contributed by atoms with Crippen molar-refractivity contribution in [2.75, 3.05) is 0 Å². The molecular formula is C13H33NO3Si3. The van der Waals surface area contributed by atoms with Crippen molar-refractivity contribution in [2.45, 2.75) is 78.0 Å². The minimum absolute atomic E-state index is 0.155. The van der Waals surface area contributed by atoms with Gasteiger partial charge in [-0.3, -0.25) is 4.79 Å². The van der Waals surface area contributed by atoms with Gasteiger partial charge in [0.1, 0.15) is 14.3 Å². The molecule has 0 aliphatic heterocycles. The second kappa shape index (κ2) is 6.87. The zero-order chi connectivity index (χ0) is 16.4. The molecule has 0 bridgehead atoms. The molecule has 0 fully saturated rings. The number of hydrogen-bond acceptors (Lipinski definition) is 4. The second-order valence-corrected chi connectivity index (χ2v) is 22.0. The quantitative estimate of drug-likeness (QED) is 0.724. The van der Waals surface area contributed by atoms with Gasteiger partial charge in [0, 0.05) is 0 Å². The molecule has 0 spiro atoms. The van der Waals surface area contributed by atoms with E-state index in [0.717, 1.165) is 0 Å². The van der Waals surface area contributed by atoms with Crippen molar-refractivity contribution >= 4 is 30.8 Å². The van der Waals surface area contributed by atoms with E-state index in [9.17, 15) is 4.79 Å². The Morgan fingerprint density at radius 3 is 1.65 bits per heavy atom. The number of carbonyl (C=O) groups is 1. The van der Waals surface area contributed by atoms with Crippen molar-refractivity contribution in [3.8, 4) is 0 Å². The molecule has 0 heterocycles. The van der Waals surface area contributed by atoms with E-state index in [0.29, 0.717) is 0 Å². The lowest BCUT2D eigenvalue weighted by Gasteiger charge is -2.34. The van der Waals surface area contributed by atoms with Crippen LogP contribution in [-0.4, -0.2) is 43.0 Å². The molecule has 0 aromatic heterocycles. The van der Waals surface area contributed by atoms with E-state index in [1.807, 2.05) is 26.6 Å². The summed E-state index contributed by atoms with van der Waals surface area (Å²) < 4.78 is 11.8. The maximum Gasteiger partial charge on any atom is 0.311 e. The van der Waals surface area contributed by atoms with Gasteiger partial charge in [0.2, 0.25) is 8.32 Å². The standard InChI is InChI=1S/C13H33NO3Si3/c1-11(16-19(5,6)7)12(14-18(2,3)4)13(15)17-20(8,9)10/h11-12,14H,1-10H3. The Morgan fingerprint density at radius 1 is 0.900 bits per heavy atom. The molecule has 1 N–H and O–H groups in total. The van der Waals surface area contributed by atoms with E-state index >= 15 is 0 Å². The van der Waals surface area contributed by atoms with Crippen LogP contribution in [0.15, 0.2) is 0 Å². The third-order valence-electron chi connectivity index (χ3n) is 2.26. The first-order chi connectivity index (χ1) is 8.61. The van der Waals surface area contributed by atoms with Gasteiger partial charge in [-0.2, -0.15) is 0 Å². The minimum Gasteiger partial charge on any atom is -0.519 e. The fraction of sp³-hybridized carbons (Fsp3) is 0.923. The lowest BCUT2D eigenvalue weighted by Crippen LogP contribution is -2.59. The van der Waals surface area contributed by atoms with Crippen LogP contribution in [0.5, 0.6) is 0 Å². The Hall–Kier alpha value is 0.0406. The lowest BCUT2D eigenvalue weighted by atomic mass is 10.2. The first-order valence-corrected chi connectivity index (χ1v) is 17.6. The molecule has 0 saturated carbocycles. The van der Waals surface area contributed by atoms with Crippen molar-refractivity contribution in [3.63, 3.8) is 0 Å². The van der Waals surface area contributed by atoms with E-state index in [1.165, 1.54) is 0 Å². The van der Waals surface area contributed by atoms with Gasteiger partial charge in [0.05, 0.1) is 6.10 Å². The highest BCUT2D eigenvalue weighted by Crippen LogP contribution is 2.15. The Morgan fingerprint density at radius 2 is 1.35 bits per heavy atom. The molecule has 20 heavy (non-hydrogen) atoms. The van der Waals surface area contributed by atoms with E-state index in [-0.39, 0.29) is 18.1 Å². The fourth-order valence-electron chi connectivity index (χ4n) is 1.83. The van der Waals surface area contributed by atoms with Gasteiger partial charge < -0.3 is 13.8 Å². The average molecular weight is 336 g/mol. The molecule has 0 saturated heterocycles. The van der Waals surface area contributed by atoms with Crippen molar-refractivity contribution in [1.29, 1.82) is 0 Å². The van der Waals surface area contributed by atoms with Crippen LogP contribution in [0, 0.1) is 0 Å². The molecule has 4 nitrogen and oxygen atoms in total. The molecule has 120 valence electrons. The van der Waals surface area contributed by atoms with Crippen LogP contribution in [-0.2, 0) is 13.6 Å². The fourth-order valence-corrected chi connectivity index (χ4v) is 5.09. The first-order valence-electron chi connectivity index (χ1n) is 7.29. The summed E-state index contributed by atoms with van der Waals surface area (Å²) in [7, 11) is -5.16. The van der Waals surface area contributed by atoms with Crippen LogP contribution < -0.4 is 4.98 Å². The highest BCUT2D eigenvalue weighted by atomic mass is 28.4. The van der Waals surface area contributed by atoms with Gasteiger partial charge in [-0.1, -0.05) is 19.6 Å².